The third kappa shape index (κ3) is 4.52. The van der Waals surface area contributed by atoms with E-state index in [1.54, 1.807) is 0 Å². The minimum absolute atomic E-state index is 0.510. The highest BCUT2D eigenvalue weighted by molar-refractivity contribution is 4.75. The summed E-state index contributed by atoms with van der Waals surface area (Å²) in [6.45, 7) is 7.79. The number of hydrogen-bond donors (Lipinski definition) is 1. The van der Waals surface area contributed by atoms with Crippen molar-refractivity contribution in [3.8, 4) is 0 Å². The molecule has 0 aromatic heterocycles. The monoisotopic (exact) mass is 254 g/mol. The van der Waals surface area contributed by atoms with Gasteiger partial charge in [0.1, 0.15) is 0 Å². The average molecular weight is 254 g/mol. The van der Waals surface area contributed by atoms with E-state index in [0.717, 1.165) is 32.3 Å². The molecule has 2 fully saturated rings. The normalized spacial score (nSPS) is 23.7. The molecule has 0 unspecified atom stereocenters. The fourth-order valence-electron chi connectivity index (χ4n) is 3.34. The van der Waals surface area contributed by atoms with Crippen LogP contribution in [-0.2, 0) is 4.74 Å². The Bertz CT molecular complexity index is 211. The van der Waals surface area contributed by atoms with Gasteiger partial charge in [-0.2, -0.15) is 0 Å². The molecular weight excluding hydrogens is 224 g/mol. The molecule has 1 aliphatic carbocycles. The number of piperidine rings is 1. The van der Waals surface area contributed by atoms with Crippen LogP contribution in [0.1, 0.15) is 51.9 Å². The number of hydrogen-bond acceptors (Lipinski definition) is 3. The van der Waals surface area contributed by atoms with Crippen LogP contribution in [0.15, 0.2) is 0 Å². The van der Waals surface area contributed by atoms with E-state index in [2.05, 4.69) is 17.1 Å². The minimum Gasteiger partial charge on any atom is -0.377 e. The molecule has 1 aliphatic heterocycles. The maximum Gasteiger partial charge on any atom is 0.0600 e. The highest BCUT2D eigenvalue weighted by Gasteiger charge is 2.20. The second-order valence-corrected chi connectivity index (χ2v) is 5.74. The Morgan fingerprint density at radius 1 is 1.06 bits per heavy atom. The fourth-order valence-corrected chi connectivity index (χ4v) is 3.34. The van der Waals surface area contributed by atoms with Crippen molar-refractivity contribution in [2.24, 2.45) is 0 Å². The first-order chi connectivity index (χ1) is 8.90. The maximum atomic E-state index is 6.02. The van der Waals surface area contributed by atoms with E-state index in [-0.39, 0.29) is 0 Å². The van der Waals surface area contributed by atoms with E-state index in [9.17, 15) is 0 Å². The molecule has 1 saturated carbocycles. The van der Waals surface area contributed by atoms with Crippen LogP contribution in [0.2, 0.25) is 0 Å². The molecule has 0 aromatic rings. The van der Waals surface area contributed by atoms with Crippen LogP contribution in [0.5, 0.6) is 0 Å². The second kappa shape index (κ2) is 8.13. The smallest absolute Gasteiger partial charge is 0.0600 e. The molecule has 18 heavy (non-hydrogen) atoms. The van der Waals surface area contributed by atoms with Crippen molar-refractivity contribution in [3.05, 3.63) is 0 Å². The van der Waals surface area contributed by atoms with Gasteiger partial charge in [0.2, 0.25) is 0 Å². The van der Waals surface area contributed by atoms with Gasteiger partial charge in [0, 0.05) is 12.6 Å². The number of nitrogens with one attached hydrogen (secondary N) is 1. The molecule has 2 aliphatic rings. The largest absolute Gasteiger partial charge is 0.377 e. The molecule has 0 atom stereocenters. The summed E-state index contributed by atoms with van der Waals surface area (Å²) >= 11 is 0. The molecule has 3 nitrogen and oxygen atoms in total. The van der Waals surface area contributed by atoms with E-state index >= 15 is 0 Å². The zero-order valence-electron chi connectivity index (χ0n) is 12.0. The van der Waals surface area contributed by atoms with Gasteiger partial charge in [0.05, 0.1) is 12.7 Å². The van der Waals surface area contributed by atoms with Crippen LogP contribution >= 0.6 is 0 Å². The summed E-state index contributed by atoms with van der Waals surface area (Å²) in [5.41, 5.74) is 0. The summed E-state index contributed by atoms with van der Waals surface area (Å²) in [6, 6.07) is 0.834. The molecule has 0 radical (unpaired) electrons. The molecule has 1 saturated heterocycles. The summed E-state index contributed by atoms with van der Waals surface area (Å²) in [7, 11) is 0. The average Bonchev–Trinajstić information content (AvgIpc) is 2.46. The van der Waals surface area contributed by atoms with Gasteiger partial charge in [0.15, 0.2) is 0 Å². The van der Waals surface area contributed by atoms with Crippen LogP contribution in [0, 0.1) is 0 Å². The fraction of sp³-hybridized carbons (Fsp3) is 1.00. The molecule has 3 heteroatoms. The lowest BCUT2D eigenvalue weighted by molar-refractivity contribution is 0.0119. The first kappa shape index (κ1) is 14.3. The molecule has 106 valence electrons. The molecular formula is C15H30N2O. The Morgan fingerprint density at radius 3 is 2.44 bits per heavy atom. The Hall–Kier alpha value is -0.120. The zero-order valence-corrected chi connectivity index (χ0v) is 12.0. The summed E-state index contributed by atoms with van der Waals surface area (Å²) in [6.07, 6.45) is 10.00. The predicted molar refractivity (Wildman–Crippen MR) is 76.0 cm³/mol. The van der Waals surface area contributed by atoms with E-state index < -0.39 is 0 Å². The van der Waals surface area contributed by atoms with Crippen LogP contribution in [0.4, 0.5) is 0 Å². The Morgan fingerprint density at radius 2 is 1.78 bits per heavy atom. The van der Waals surface area contributed by atoms with Crippen LogP contribution in [0.25, 0.3) is 0 Å². The van der Waals surface area contributed by atoms with Gasteiger partial charge in [-0.3, -0.25) is 4.90 Å². The van der Waals surface area contributed by atoms with Gasteiger partial charge in [-0.15, -0.1) is 0 Å². The molecule has 1 N–H and O–H groups in total. The first-order valence-electron chi connectivity index (χ1n) is 7.96. The zero-order chi connectivity index (χ0) is 12.6. The Balaban J connectivity index is 1.63. The standard InChI is InChI=1S/C15H30N2O/c1-2-17(14-6-4-3-5-7-14)12-13-18-15-8-10-16-11-9-15/h14-16H,2-13H2,1H3. The molecule has 0 aromatic carbocycles. The van der Waals surface area contributed by atoms with E-state index in [0.29, 0.717) is 6.10 Å². The van der Waals surface area contributed by atoms with Crippen molar-refractivity contribution in [3.63, 3.8) is 0 Å². The van der Waals surface area contributed by atoms with Crippen LogP contribution in [0.3, 0.4) is 0 Å². The molecule has 0 amide bonds. The second-order valence-electron chi connectivity index (χ2n) is 5.74. The van der Waals surface area contributed by atoms with Crippen molar-refractivity contribution < 1.29 is 4.74 Å². The van der Waals surface area contributed by atoms with Gasteiger partial charge >= 0.3 is 0 Å². The highest BCUT2D eigenvalue weighted by atomic mass is 16.5. The number of rotatable bonds is 6. The summed E-state index contributed by atoms with van der Waals surface area (Å²) in [4.78, 5) is 2.64. The first-order valence-corrected chi connectivity index (χ1v) is 7.96. The van der Waals surface area contributed by atoms with Crippen LogP contribution in [-0.4, -0.2) is 49.8 Å². The van der Waals surface area contributed by atoms with Crippen molar-refractivity contribution in [1.29, 1.82) is 0 Å². The molecule has 0 spiro atoms. The van der Waals surface area contributed by atoms with Crippen molar-refractivity contribution in [1.82, 2.24) is 10.2 Å². The summed E-state index contributed by atoms with van der Waals surface area (Å²) in [5.74, 6) is 0. The Labute approximate surface area is 112 Å². The van der Waals surface area contributed by atoms with Crippen molar-refractivity contribution in [2.75, 3.05) is 32.8 Å². The molecule has 2 rings (SSSR count). The predicted octanol–water partition coefficient (Wildman–Crippen LogP) is 2.41. The molecule has 1 heterocycles. The highest BCUT2D eigenvalue weighted by Crippen LogP contribution is 2.22. The number of ether oxygens (including phenoxy) is 1. The Kier molecular flexibility index (Phi) is 6.46. The molecule has 0 bridgehead atoms. The SMILES string of the molecule is CCN(CCOC1CCNCC1)C1CCCCC1. The van der Waals surface area contributed by atoms with Crippen LogP contribution < -0.4 is 5.32 Å². The summed E-state index contributed by atoms with van der Waals surface area (Å²) < 4.78 is 6.02. The van der Waals surface area contributed by atoms with Gasteiger partial charge in [0.25, 0.3) is 0 Å². The summed E-state index contributed by atoms with van der Waals surface area (Å²) in [5, 5.41) is 3.39. The lowest BCUT2D eigenvalue weighted by Crippen LogP contribution is -2.40. The lowest BCUT2D eigenvalue weighted by atomic mass is 9.94. The van der Waals surface area contributed by atoms with E-state index in [1.165, 1.54) is 51.5 Å². The number of nitrogens with zero attached hydrogens (tertiary/aromatic N) is 1. The third-order valence-corrected chi connectivity index (χ3v) is 4.52. The van der Waals surface area contributed by atoms with Gasteiger partial charge in [-0.05, 0) is 45.3 Å². The van der Waals surface area contributed by atoms with Gasteiger partial charge in [-0.1, -0.05) is 26.2 Å². The topological polar surface area (TPSA) is 24.5 Å². The maximum absolute atomic E-state index is 6.02. The quantitative estimate of drug-likeness (QED) is 0.788. The van der Waals surface area contributed by atoms with Crippen molar-refractivity contribution in [2.45, 2.75) is 64.0 Å². The third-order valence-electron chi connectivity index (χ3n) is 4.52. The lowest BCUT2D eigenvalue weighted by Gasteiger charge is -2.34. The minimum atomic E-state index is 0.510. The number of likely N-dealkylation sites (N-methyl/N-ethyl adjacent to an activating group) is 1. The van der Waals surface area contributed by atoms with Gasteiger partial charge in [-0.25, -0.2) is 0 Å². The van der Waals surface area contributed by atoms with Gasteiger partial charge < -0.3 is 10.1 Å². The van der Waals surface area contributed by atoms with E-state index in [1.807, 2.05) is 0 Å². The van der Waals surface area contributed by atoms with E-state index in [4.69, 9.17) is 4.74 Å². The van der Waals surface area contributed by atoms with Crippen molar-refractivity contribution >= 4 is 0 Å².